The molecule has 4 heteroatoms. The van der Waals surface area contributed by atoms with Crippen LogP contribution in [0.15, 0.2) is 48.5 Å². The fourth-order valence-corrected chi connectivity index (χ4v) is 2.06. The fourth-order valence-electron chi connectivity index (χ4n) is 2.06. The molecule has 2 N–H and O–H groups in total. The lowest BCUT2D eigenvalue weighted by molar-refractivity contribution is 0.222. The number of rotatable bonds is 4. The number of ether oxygens (including phenoxy) is 1. The molecule has 0 saturated heterocycles. The van der Waals surface area contributed by atoms with E-state index in [1.54, 1.807) is 36.4 Å². The van der Waals surface area contributed by atoms with Gasteiger partial charge in [-0.1, -0.05) is 42.5 Å². The second-order valence-corrected chi connectivity index (χ2v) is 4.19. The Kier molecular flexibility index (Phi) is 3.81. The lowest BCUT2D eigenvalue weighted by Crippen LogP contribution is -2.32. The third kappa shape index (κ3) is 2.31. The van der Waals surface area contributed by atoms with E-state index in [0.29, 0.717) is 5.56 Å². The van der Waals surface area contributed by atoms with E-state index in [1.807, 2.05) is 0 Å². The molecular weight excluding hydrogens is 248 g/mol. The summed E-state index contributed by atoms with van der Waals surface area (Å²) >= 11 is 0. The highest BCUT2D eigenvalue weighted by molar-refractivity contribution is 5.42. The number of hydrogen-bond acceptors (Lipinski definition) is 2. The zero-order chi connectivity index (χ0) is 13.9. The third-order valence-corrected chi connectivity index (χ3v) is 3.12. The van der Waals surface area contributed by atoms with Gasteiger partial charge in [-0.05, 0) is 11.6 Å². The maximum Gasteiger partial charge on any atom is 0.176 e. The molecule has 0 radical (unpaired) electrons. The molecule has 2 aromatic carbocycles. The number of hydrogen-bond donors (Lipinski definition) is 1. The summed E-state index contributed by atoms with van der Waals surface area (Å²) in [5.74, 6) is -0.717. The normalized spacial score (nSPS) is 13.9. The van der Waals surface area contributed by atoms with Crippen molar-refractivity contribution in [2.24, 2.45) is 5.73 Å². The van der Waals surface area contributed by atoms with E-state index in [4.69, 9.17) is 10.5 Å². The average molecular weight is 263 g/mol. The Balaban J connectivity index is 2.60. The van der Waals surface area contributed by atoms with Gasteiger partial charge in [-0.3, -0.25) is 0 Å². The van der Waals surface area contributed by atoms with Crippen LogP contribution in [0, 0.1) is 5.82 Å². The smallest absolute Gasteiger partial charge is 0.176 e. The summed E-state index contributed by atoms with van der Waals surface area (Å²) in [6.07, 6.45) is 0. The van der Waals surface area contributed by atoms with Gasteiger partial charge in [0.15, 0.2) is 17.2 Å². The van der Waals surface area contributed by atoms with Gasteiger partial charge in [-0.25, -0.2) is 8.78 Å². The van der Waals surface area contributed by atoms with Crippen LogP contribution in [0.3, 0.4) is 0 Å². The van der Waals surface area contributed by atoms with Gasteiger partial charge in [0.2, 0.25) is 0 Å². The molecule has 0 heterocycles. The van der Waals surface area contributed by atoms with Crippen molar-refractivity contribution in [1.29, 1.82) is 0 Å². The van der Waals surface area contributed by atoms with Crippen LogP contribution in [0.1, 0.15) is 11.1 Å². The summed E-state index contributed by atoms with van der Waals surface area (Å²) < 4.78 is 34.2. The zero-order valence-corrected chi connectivity index (χ0v) is 10.6. The Morgan fingerprint density at radius 3 is 2.37 bits per heavy atom. The van der Waals surface area contributed by atoms with Crippen molar-refractivity contribution in [2.45, 2.75) is 5.67 Å². The van der Waals surface area contributed by atoms with Crippen molar-refractivity contribution in [2.75, 3.05) is 13.7 Å². The molecule has 0 aliphatic heterocycles. The lowest BCUT2D eigenvalue weighted by atomic mass is 9.87. The molecule has 1 atom stereocenters. The van der Waals surface area contributed by atoms with E-state index in [1.165, 1.54) is 19.2 Å². The standard InChI is InChI=1S/C15H15F2NO/c1-19-13-9-5-8-12(14(13)16)15(17,10-18)11-6-3-2-4-7-11/h2-9H,10,18H2,1H3. The average Bonchev–Trinajstić information content (AvgIpc) is 2.47. The second-order valence-electron chi connectivity index (χ2n) is 4.19. The van der Waals surface area contributed by atoms with Crippen molar-refractivity contribution in [3.05, 3.63) is 65.5 Å². The highest BCUT2D eigenvalue weighted by Gasteiger charge is 2.36. The minimum atomic E-state index is -2.07. The molecule has 0 aliphatic carbocycles. The Labute approximate surface area is 110 Å². The van der Waals surface area contributed by atoms with Crippen LogP contribution in [0.4, 0.5) is 8.78 Å². The molecule has 0 aromatic heterocycles. The second kappa shape index (κ2) is 5.36. The number of alkyl halides is 1. The van der Waals surface area contributed by atoms with Crippen LogP contribution in [0.5, 0.6) is 5.75 Å². The number of halogens is 2. The highest BCUT2D eigenvalue weighted by Crippen LogP contribution is 2.37. The molecule has 0 spiro atoms. The predicted molar refractivity (Wildman–Crippen MR) is 70.3 cm³/mol. The molecule has 2 rings (SSSR count). The van der Waals surface area contributed by atoms with E-state index in [0.717, 1.165) is 0 Å². The first-order valence-electron chi connectivity index (χ1n) is 5.91. The van der Waals surface area contributed by atoms with Gasteiger partial charge in [0.25, 0.3) is 0 Å². The Bertz CT molecular complexity index is 559. The number of methoxy groups -OCH3 is 1. The molecule has 0 bridgehead atoms. The van der Waals surface area contributed by atoms with Gasteiger partial charge in [0.05, 0.1) is 7.11 Å². The fraction of sp³-hybridized carbons (Fsp3) is 0.200. The van der Waals surface area contributed by atoms with Gasteiger partial charge in [-0.15, -0.1) is 0 Å². The van der Waals surface area contributed by atoms with Crippen molar-refractivity contribution >= 4 is 0 Å². The molecule has 1 unspecified atom stereocenters. The van der Waals surface area contributed by atoms with Crippen LogP contribution < -0.4 is 10.5 Å². The minimum absolute atomic E-state index is 0.00362. The monoisotopic (exact) mass is 263 g/mol. The summed E-state index contributed by atoms with van der Waals surface area (Å²) in [7, 11) is 1.34. The van der Waals surface area contributed by atoms with Gasteiger partial charge in [0, 0.05) is 12.1 Å². The van der Waals surface area contributed by atoms with Crippen molar-refractivity contribution in [3.8, 4) is 5.75 Å². The minimum Gasteiger partial charge on any atom is -0.494 e. The topological polar surface area (TPSA) is 35.2 Å². The summed E-state index contributed by atoms with van der Waals surface area (Å²) in [5.41, 5.74) is 3.69. The predicted octanol–water partition coefficient (Wildman–Crippen LogP) is 3.01. The lowest BCUT2D eigenvalue weighted by Gasteiger charge is -2.25. The number of nitrogens with two attached hydrogens (primary N) is 1. The first-order valence-corrected chi connectivity index (χ1v) is 5.91. The van der Waals surface area contributed by atoms with E-state index < -0.39 is 11.5 Å². The van der Waals surface area contributed by atoms with Crippen molar-refractivity contribution in [1.82, 2.24) is 0 Å². The maximum atomic E-state index is 15.1. The molecule has 2 aromatic rings. The van der Waals surface area contributed by atoms with Gasteiger partial charge < -0.3 is 10.5 Å². The van der Waals surface area contributed by atoms with E-state index in [9.17, 15) is 4.39 Å². The highest BCUT2D eigenvalue weighted by atomic mass is 19.1. The molecule has 100 valence electrons. The SMILES string of the molecule is COc1cccc(C(F)(CN)c2ccccc2)c1F. The summed E-state index contributed by atoms with van der Waals surface area (Å²) in [6, 6.07) is 12.7. The van der Waals surface area contributed by atoms with Gasteiger partial charge in [-0.2, -0.15) is 0 Å². The Morgan fingerprint density at radius 2 is 1.79 bits per heavy atom. The van der Waals surface area contributed by atoms with Crippen LogP contribution in [0.2, 0.25) is 0 Å². The molecular formula is C15H15F2NO. The van der Waals surface area contributed by atoms with Crippen LogP contribution in [-0.2, 0) is 5.67 Å². The first kappa shape index (κ1) is 13.5. The molecule has 19 heavy (non-hydrogen) atoms. The summed E-state index contributed by atoms with van der Waals surface area (Å²) in [5, 5.41) is 0. The Hall–Kier alpha value is -1.94. The maximum absolute atomic E-state index is 15.1. The van der Waals surface area contributed by atoms with Gasteiger partial charge in [0.1, 0.15) is 0 Å². The van der Waals surface area contributed by atoms with Crippen LogP contribution in [-0.4, -0.2) is 13.7 Å². The number of benzene rings is 2. The van der Waals surface area contributed by atoms with Crippen molar-refractivity contribution in [3.63, 3.8) is 0 Å². The van der Waals surface area contributed by atoms with E-state index in [-0.39, 0.29) is 17.9 Å². The van der Waals surface area contributed by atoms with E-state index in [2.05, 4.69) is 0 Å². The Morgan fingerprint density at radius 1 is 1.11 bits per heavy atom. The molecule has 0 saturated carbocycles. The largest absolute Gasteiger partial charge is 0.494 e. The molecule has 0 amide bonds. The van der Waals surface area contributed by atoms with Crippen molar-refractivity contribution < 1.29 is 13.5 Å². The molecule has 0 aliphatic rings. The van der Waals surface area contributed by atoms with Gasteiger partial charge >= 0.3 is 0 Å². The first-order chi connectivity index (χ1) is 9.13. The van der Waals surface area contributed by atoms with E-state index >= 15 is 4.39 Å². The quantitative estimate of drug-likeness (QED) is 0.920. The van der Waals surface area contributed by atoms with Crippen LogP contribution in [0.25, 0.3) is 0 Å². The molecule has 0 fully saturated rings. The summed E-state index contributed by atoms with van der Waals surface area (Å²) in [4.78, 5) is 0. The van der Waals surface area contributed by atoms with Crippen LogP contribution >= 0.6 is 0 Å². The molecule has 2 nitrogen and oxygen atoms in total. The summed E-state index contributed by atoms with van der Waals surface area (Å²) in [6.45, 7) is -0.346. The zero-order valence-electron chi connectivity index (χ0n) is 10.6. The third-order valence-electron chi connectivity index (χ3n) is 3.12.